The second kappa shape index (κ2) is 5.18. The van der Waals surface area contributed by atoms with E-state index >= 15 is 0 Å². The Hall–Kier alpha value is -1.82. The van der Waals surface area contributed by atoms with Crippen molar-refractivity contribution in [3.05, 3.63) is 35.5 Å². The van der Waals surface area contributed by atoms with Crippen LogP contribution in [-0.4, -0.2) is 31.2 Å². The lowest BCUT2D eigenvalue weighted by molar-refractivity contribution is -0.140. The normalized spacial score (nSPS) is 16.5. The van der Waals surface area contributed by atoms with Crippen LogP contribution in [0.15, 0.2) is 24.3 Å². The van der Waals surface area contributed by atoms with Crippen LogP contribution in [0.25, 0.3) is 10.9 Å². The molecule has 1 saturated heterocycles. The summed E-state index contributed by atoms with van der Waals surface area (Å²) < 4.78 is 39.1. The Balaban J connectivity index is 2.20. The maximum atomic E-state index is 13.0. The first-order chi connectivity index (χ1) is 9.95. The van der Waals surface area contributed by atoms with Crippen LogP contribution in [0.3, 0.4) is 0 Å². The summed E-state index contributed by atoms with van der Waals surface area (Å²) in [6, 6.07) is 6.52. The van der Waals surface area contributed by atoms with E-state index in [1.807, 2.05) is 17.9 Å². The number of nitrogens with zero attached hydrogens (tertiary/aromatic N) is 2. The number of fused-ring (bicyclic) bond motifs is 1. The van der Waals surface area contributed by atoms with E-state index < -0.39 is 11.9 Å². The van der Waals surface area contributed by atoms with Crippen molar-refractivity contribution in [2.45, 2.75) is 13.1 Å². The minimum atomic E-state index is -4.43. The third-order valence-electron chi connectivity index (χ3n) is 3.69. The van der Waals surface area contributed by atoms with E-state index in [9.17, 15) is 13.2 Å². The summed E-state index contributed by atoms with van der Waals surface area (Å²) in [6.45, 7) is 4.88. The summed E-state index contributed by atoms with van der Waals surface area (Å²) in [5.41, 5.74) is 1.20. The molecule has 0 spiro atoms. The molecular formula is C15H16F3N3. The van der Waals surface area contributed by atoms with Crippen molar-refractivity contribution in [1.82, 2.24) is 10.3 Å². The van der Waals surface area contributed by atoms with E-state index in [0.717, 1.165) is 24.0 Å². The Bertz CT molecular complexity index is 661. The van der Waals surface area contributed by atoms with Crippen molar-refractivity contribution >= 4 is 16.6 Å². The predicted molar refractivity (Wildman–Crippen MR) is 76.6 cm³/mol. The lowest BCUT2D eigenvalue weighted by Gasteiger charge is -2.31. The van der Waals surface area contributed by atoms with Gasteiger partial charge in [-0.3, -0.25) is 0 Å². The van der Waals surface area contributed by atoms with Gasteiger partial charge in [0.25, 0.3) is 0 Å². The molecule has 3 nitrogen and oxygen atoms in total. The van der Waals surface area contributed by atoms with Gasteiger partial charge in [0.2, 0.25) is 0 Å². The predicted octanol–water partition coefficient (Wildman–Crippen LogP) is 2.97. The van der Waals surface area contributed by atoms with Crippen LogP contribution in [0.1, 0.15) is 11.3 Å². The SMILES string of the molecule is Cc1ccc2nc(C(F)(F)F)cc(N3CCNCC3)c2c1. The van der Waals surface area contributed by atoms with Gasteiger partial charge in [0, 0.05) is 37.3 Å². The minimum Gasteiger partial charge on any atom is -0.368 e. The van der Waals surface area contributed by atoms with Crippen LogP contribution in [0.2, 0.25) is 0 Å². The Morgan fingerprint density at radius 1 is 1.14 bits per heavy atom. The molecule has 1 aliphatic rings. The summed E-state index contributed by atoms with van der Waals surface area (Å²) in [5, 5.41) is 3.99. The zero-order chi connectivity index (χ0) is 15.0. The first-order valence-electron chi connectivity index (χ1n) is 6.89. The summed E-state index contributed by atoms with van der Waals surface area (Å²) in [5.74, 6) is 0. The molecule has 0 amide bonds. The fraction of sp³-hybridized carbons (Fsp3) is 0.400. The lowest BCUT2D eigenvalue weighted by Crippen LogP contribution is -2.43. The number of hydrogen-bond acceptors (Lipinski definition) is 3. The van der Waals surface area contributed by atoms with Crippen LogP contribution >= 0.6 is 0 Å². The van der Waals surface area contributed by atoms with Gasteiger partial charge >= 0.3 is 6.18 Å². The summed E-state index contributed by atoms with van der Waals surface area (Å²) >= 11 is 0. The average molecular weight is 295 g/mol. The molecule has 2 heterocycles. The zero-order valence-electron chi connectivity index (χ0n) is 11.7. The first-order valence-corrected chi connectivity index (χ1v) is 6.89. The van der Waals surface area contributed by atoms with Gasteiger partial charge in [-0.05, 0) is 25.1 Å². The number of alkyl halides is 3. The molecule has 1 aliphatic heterocycles. The number of aromatic nitrogens is 1. The van der Waals surface area contributed by atoms with E-state index in [1.54, 1.807) is 12.1 Å². The standard InChI is InChI=1S/C15H16F3N3/c1-10-2-3-12-11(8-10)13(21-6-4-19-5-7-21)9-14(20-12)15(16,17)18/h2-3,8-9,19H,4-7H2,1H3. The topological polar surface area (TPSA) is 28.2 Å². The molecule has 3 rings (SSSR count). The highest BCUT2D eigenvalue weighted by Gasteiger charge is 2.34. The second-order valence-corrected chi connectivity index (χ2v) is 5.28. The van der Waals surface area contributed by atoms with Gasteiger partial charge in [-0.2, -0.15) is 13.2 Å². The number of anilines is 1. The van der Waals surface area contributed by atoms with E-state index in [1.165, 1.54) is 6.07 Å². The Morgan fingerprint density at radius 2 is 1.86 bits per heavy atom. The van der Waals surface area contributed by atoms with Crippen LogP contribution in [0, 0.1) is 6.92 Å². The fourth-order valence-electron chi connectivity index (χ4n) is 2.63. The number of pyridine rings is 1. The van der Waals surface area contributed by atoms with Crippen molar-refractivity contribution in [3.8, 4) is 0 Å². The van der Waals surface area contributed by atoms with Gasteiger partial charge in [-0.15, -0.1) is 0 Å². The van der Waals surface area contributed by atoms with Crippen LogP contribution < -0.4 is 10.2 Å². The minimum absolute atomic E-state index is 0.393. The highest BCUT2D eigenvalue weighted by molar-refractivity contribution is 5.92. The molecule has 1 aromatic carbocycles. The van der Waals surface area contributed by atoms with Crippen molar-refractivity contribution in [2.24, 2.45) is 0 Å². The second-order valence-electron chi connectivity index (χ2n) is 5.28. The Morgan fingerprint density at radius 3 is 2.52 bits per heavy atom. The van der Waals surface area contributed by atoms with E-state index in [4.69, 9.17) is 0 Å². The van der Waals surface area contributed by atoms with Crippen LogP contribution in [0.5, 0.6) is 0 Å². The molecule has 0 atom stereocenters. The number of hydrogen-bond donors (Lipinski definition) is 1. The van der Waals surface area contributed by atoms with Crippen molar-refractivity contribution in [2.75, 3.05) is 31.1 Å². The Labute approximate surface area is 120 Å². The zero-order valence-corrected chi connectivity index (χ0v) is 11.7. The molecule has 2 aromatic rings. The van der Waals surface area contributed by atoms with Crippen molar-refractivity contribution < 1.29 is 13.2 Å². The first kappa shape index (κ1) is 14.1. The van der Waals surface area contributed by atoms with Gasteiger partial charge in [-0.25, -0.2) is 4.98 Å². The molecule has 1 N–H and O–H groups in total. The maximum absolute atomic E-state index is 13.0. The summed E-state index contributed by atoms with van der Waals surface area (Å²) in [7, 11) is 0. The van der Waals surface area contributed by atoms with E-state index in [2.05, 4.69) is 10.3 Å². The lowest BCUT2D eigenvalue weighted by atomic mass is 10.1. The van der Waals surface area contributed by atoms with E-state index in [-0.39, 0.29) is 0 Å². The fourth-order valence-corrected chi connectivity index (χ4v) is 2.63. The number of halogens is 3. The molecule has 0 radical (unpaired) electrons. The highest BCUT2D eigenvalue weighted by Crippen LogP contribution is 2.35. The smallest absolute Gasteiger partial charge is 0.368 e. The third-order valence-corrected chi connectivity index (χ3v) is 3.69. The number of rotatable bonds is 1. The number of nitrogens with one attached hydrogen (secondary N) is 1. The van der Waals surface area contributed by atoms with E-state index in [0.29, 0.717) is 24.3 Å². The van der Waals surface area contributed by atoms with Crippen LogP contribution in [-0.2, 0) is 6.18 Å². The quantitative estimate of drug-likeness (QED) is 0.876. The van der Waals surface area contributed by atoms with Crippen molar-refractivity contribution in [1.29, 1.82) is 0 Å². The largest absolute Gasteiger partial charge is 0.433 e. The molecule has 6 heteroatoms. The number of aryl methyl sites for hydroxylation is 1. The number of benzene rings is 1. The Kier molecular flexibility index (Phi) is 3.49. The van der Waals surface area contributed by atoms with Crippen molar-refractivity contribution in [3.63, 3.8) is 0 Å². The molecular weight excluding hydrogens is 279 g/mol. The monoisotopic (exact) mass is 295 g/mol. The average Bonchev–Trinajstić information content (AvgIpc) is 2.46. The molecule has 112 valence electrons. The molecule has 0 aliphatic carbocycles. The van der Waals surface area contributed by atoms with Crippen LogP contribution in [0.4, 0.5) is 18.9 Å². The van der Waals surface area contributed by atoms with Gasteiger partial charge in [0.1, 0.15) is 5.69 Å². The number of piperazine rings is 1. The summed E-state index contributed by atoms with van der Waals surface area (Å²) in [4.78, 5) is 5.77. The van der Waals surface area contributed by atoms with Gasteiger partial charge in [0.05, 0.1) is 5.52 Å². The molecule has 1 fully saturated rings. The third kappa shape index (κ3) is 2.81. The molecule has 0 bridgehead atoms. The van der Waals surface area contributed by atoms with Gasteiger partial charge < -0.3 is 10.2 Å². The van der Waals surface area contributed by atoms with Gasteiger partial charge in [-0.1, -0.05) is 11.6 Å². The maximum Gasteiger partial charge on any atom is 0.433 e. The highest BCUT2D eigenvalue weighted by atomic mass is 19.4. The molecule has 0 saturated carbocycles. The molecule has 0 unspecified atom stereocenters. The summed E-state index contributed by atoms with van der Waals surface area (Å²) in [6.07, 6.45) is -4.43. The van der Waals surface area contributed by atoms with Gasteiger partial charge in [0.15, 0.2) is 0 Å². The molecule has 21 heavy (non-hydrogen) atoms. The molecule has 1 aromatic heterocycles.